The summed E-state index contributed by atoms with van der Waals surface area (Å²) in [6.07, 6.45) is 4.99. The lowest BCUT2D eigenvalue weighted by molar-refractivity contribution is 0.461. The SMILES string of the molecule is CCC(C)Cn1ccnc1CCl. The van der Waals surface area contributed by atoms with Crippen LogP contribution >= 0.6 is 11.6 Å². The highest BCUT2D eigenvalue weighted by Gasteiger charge is 2.04. The summed E-state index contributed by atoms with van der Waals surface area (Å²) in [6, 6.07) is 0. The summed E-state index contributed by atoms with van der Waals surface area (Å²) < 4.78 is 2.13. The zero-order valence-electron chi connectivity index (χ0n) is 7.63. The first-order valence-electron chi connectivity index (χ1n) is 4.33. The van der Waals surface area contributed by atoms with Gasteiger partial charge in [0, 0.05) is 18.9 Å². The fourth-order valence-corrected chi connectivity index (χ4v) is 1.32. The van der Waals surface area contributed by atoms with Crippen LogP contribution < -0.4 is 0 Å². The van der Waals surface area contributed by atoms with Gasteiger partial charge in [-0.25, -0.2) is 4.98 Å². The molecule has 0 bridgehead atoms. The number of rotatable bonds is 4. The molecule has 68 valence electrons. The van der Waals surface area contributed by atoms with Crippen LogP contribution in [0.2, 0.25) is 0 Å². The van der Waals surface area contributed by atoms with Crippen molar-refractivity contribution in [2.75, 3.05) is 0 Å². The number of aromatic nitrogens is 2. The summed E-state index contributed by atoms with van der Waals surface area (Å²) in [5.74, 6) is 2.17. The third kappa shape index (κ3) is 2.24. The van der Waals surface area contributed by atoms with E-state index in [-0.39, 0.29) is 0 Å². The second-order valence-electron chi connectivity index (χ2n) is 3.14. The van der Waals surface area contributed by atoms with Gasteiger partial charge in [-0.1, -0.05) is 20.3 Å². The second-order valence-corrected chi connectivity index (χ2v) is 3.41. The van der Waals surface area contributed by atoms with Crippen molar-refractivity contribution in [2.45, 2.75) is 32.7 Å². The van der Waals surface area contributed by atoms with Crippen LogP contribution in [0.3, 0.4) is 0 Å². The molecule has 0 aliphatic carbocycles. The van der Waals surface area contributed by atoms with Gasteiger partial charge in [0.25, 0.3) is 0 Å². The van der Waals surface area contributed by atoms with E-state index in [1.54, 1.807) is 6.20 Å². The van der Waals surface area contributed by atoms with E-state index >= 15 is 0 Å². The Bertz CT molecular complexity index is 232. The molecule has 0 aliphatic heterocycles. The van der Waals surface area contributed by atoms with Crippen molar-refractivity contribution < 1.29 is 0 Å². The van der Waals surface area contributed by atoms with Crippen molar-refractivity contribution in [1.29, 1.82) is 0 Å². The zero-order valence-corrected chi connectivity index (χ0v) is 8.38. The molecule has 1 heterocycles. The smallest absolute Gasteiger partial charge is 0.123 e. The van der Waals surface area contributed by atoms with Crippen LogP contribution in [0.1, 0.15) is 26.1 Å². The Balaban J connectivity index is 2.61. The monoisotopic (exact) mass is 186 g/mol. The average Bonchev–Trinajstić information content (AvgIpc) is 2.51. The summed E-state index contributed by atoms with van der Waals surface area (Å²) in [7, 11) is 0. The molecule has 0 saturated carbocycles. The molecule has 3 heteroatoms. The minimum atomic E-state index is 0.503. The van der Waals surface area contributed by atoms with E-state index in [0.717, 1.165) is 12.4 Å². The first kappa shape index (κ1) is 9.59. The Kier molecular flexibility index (Phi) is 3.60. The van der Waals surface area contributed by atoms with Crippen LogP contribution in [0.15, 0.2) is 12.4 Å². The van der Waals surface area contributed by atoms with Gasteiger partial charge in [-0.05, 0) is 5.92 Å². The van der Waals surface area contributed by atoms with E-state index in [1.807, 2.05) is 6.20 Å². The molecule has 0 amide bonds. The molecule has 0 saturated heterocycles. The molecule has 0 aromatic carbocycles. The van der Waals surface area contributed by atoms with Crippen LogP contribution in [0.5, 0.6) is 0 Å². The van der Waals surface area contributed by atoms with Crippen LogP contribution in [0.25, 0.3) is 0 Å². The number of nitrogens with zero attached hydrogens (tertiary/aromatic N) is 2. The van der Waals surface area contributed by atoms with Crippen molar-refractivity contribution in [3.63, 3.8) is 0 Å². The number of alkyl halides is 1. The molecule has 0 aliphatic rings. The zero-order chi connectivity index (χ0) is 8.97. The molecule has 0 fully saturated rings. The maximum atomic E-state index is 5.72. The topological polar surface area (TPSA) is 17.8 Å². The lowest BCUT2D eigenvalue weighted by atomic mass is 10.1. The molecule has 1 atom stereocenters. The highest BCUT2D eigenvalue weighted by atomic mass is 35.5. The van der Waals surface area contributed by atoms with E-state index in [4.69, 9.17) is 11.6 Å². The van der Waals surface area contributed by atoms with Crippen molar-refractivity contribution in [3.05, 3.63) is 18.2 Å². The Morgan fingerprint density at radius 2 is 2.42 bits per heavy atom. The largest absolute Gasteiger partial charge is 0.334 e. The second kappa shape index (κ2) is 4.51. The highest BCUT2D eigenvalue weighted by Crippen LogP contribution is 2.08. The molecule has 12 heavy (non-hydrogen) atoms. The third-order valence-electron chi connectivity index (χ3n) is 2.13. The van der Waals surface area contributed by atoms with E-state index in [0.29, 0.717) is 11.8 Å². The lowest BCUT2D eigenvalue weighted by Crippen LogP contribution is -2.08. The maximum absolute atomic E-state index is 5.72. The average molecular weight is 187 g/mol. The van der Waals surface area contributed by atoms with Crippen molar-refractivity contribution >= 4 is 11.6 Å². The summed E-state index contributed by atoms with van der Waals surface area (Å²) in [6.45, 7) is 5.46. The Morgan fingerprint density at radius 1 is 1.67 bits per heavy atom. The molecule has 1 unspecified atom stereocenters. The van der Waals surface area contributed by atoms with Gasteiger partial charge in [0.15, 0.2) is 0 Å². The van der Waals surface area contributed by atoms with Gasteiger partial charge in [0.05, 0.1) is 5.88 Å². The Hall–Kier alpha value is -0.500. The molecule has 0 N–H and O–H groups in total. The summed E-state index contributed by atoms with van der Waals surface area (Å²) >= 11 is 5.72. The van der Waals surface area contributed by atoms with Crippen LogP contribution in [0.4, 0.5) is 0 Å². The molecule has 1 rings (SSSR count). The Morgan fingerprint density at radius 3 is 3.00 bits per heavy atom. The van der Waals surface area contributed by atoms with Gasteiger partial charge in [-0.3, -0.25) is 0 Å². The predicted octanol–water partition coefficient (Wildman–Crippen LogP) is 2.67. The highest BCUT2D eigenvalue weighted by molar-refractivity contribution is 6.16. The number of hydrogen-bond acceptors (Lipinski definition) is 1. The summed E-state index contributed by atoms with van der Waals surface area (Å²) in [5, 5.41) is 0. The predicted molar refractivity (Wildman–Crippen MR) is 51.2 cm³/mol. The van der Waals surface area contributed by atoms with Crippen LogP contribution in [-0.4, -0.2) is 9.55 Å². The van der Waals surface area contributed by atoms with Gasteiger partial charge < -0.3 is 4.57 Å². The molecule has 2 nitrogen and oxygen atoms in total. The van der Waals surface area contributed by atoms with E-state index in [1.165, 1.54) is 6.42 Å². The van der Waals surface area contributed by atoms with Crippen LogP contribution in [-0.2, 0) is 12.4 Å². The molecule has 0 spiro atoms. The first-order chi connectivity index (χ1) is 5.77. The van der Waals surface area contributed by atoms with Gasteiger partial charge in [-0.15, -0.1) is 11.6 Å². The Labute approximate surface area is 78.6 Å². The lowest BCUT2D eigenvalue weighted by Gasteiger charge is -2.10. The van der Waals surface area contributed by atoms with Crippen LogP contribution in [0, 0.1) is 5.92 Å². The van der Waals surface area contributed by atoms with Crippen molar-refractivity contribution in [2.24, 2.45) is 5.92 Å². The number of halogens is 1. The first-order valence-corrected chi connectivity index (χ1v) is 4.87. The molecule has 0 radical (unpaired) electrons. The minimum Gasteiger partial charge on any atom is -0.334 e. The van der Waals surface area contributed by atoms with Crippen molar-refractivity contribution in [1.82, 2.24) is 9.55 Å². The van der Waals surface area contributed by atoms with Gasteiger partial charge in [0.2, 0.25) is 0 Å². The normalized spacial score (nSPS) is 13.2. The summed E-state index contributed by atoms with van der Waals surface area (Å²) in [4.78, 5) is 4.15. The standard InChI is InChI=1S/C9H15ClN2/c1-3-8(2)7-12-5-4-11-9(12)6-10/h4-5,8H,3,6-7H2,1-2H3. The molecular weight excluding hydrogens is 172 g/mol. The summed E-state index contributed by atoms with van der Waals surface area (Å²) in [5.41, 5.74) is 0. The minimum absolute atomic E-state index is 0.503. The van der Waals surface area contributed by atoms with Gasteiger partial charge in [-0.2, -0.15) is 0 Å². The van der Waals surface area contributed by atoms with Crippen molar-refractivity contribution in [3.8, 4) is 0 Å². The van der Waals surface area contributed by atoms with E-state index < -0.39 is 0 Å². The van der Waals surface area contributed by atoms with Gasteiger partial charge >= 0.3 is 0 Å². The third-order valence-corrected chi connectivity index (χ3v) is 2.37. The molecule has 1 aromatic rings. The fraction of sp³-hybridized carbons (Fsp3) is 0.667. The van der Waals surface area contributed by atoms with E-state index in [9.17, 15) is 0 Å². The number of hydrogen-bond donors (Lipinski definition) is 0. The molecule has 1 aromatic heterocycles. The number of imidazole rings is 1. The quantitative estimate of drug-likeness (QED) is 0.662. The van der Waals surface area contributed by atoms with Gasteiger partial charge in [0.1, 0.15) is 5.82 Å². The van der Waals surface area contributed by atoms with E-state index in [2.05, 4.69) is 23.4 Å². The maximum Gasteiger partial charge on any atom is 0.123 e. The fourth-order valence-electron chi connectivity index (χ4n) is 1.10. The molecular formula is C9H15ClN2.